The first-order chi connectivity index (χ1) is 16.1. The minimum atomic E-state index is -1.01. The molecule has 3 aromatic rings. The lowest BCUT2D eigenvalue weighted by atomic mass is 9.93. The van der Waals surface area contributed by atoms with E-state index in [0.29, 0.717) is 47.2 Å². The Kier molecular flexibility index (Phi) is 6.49. The number of carboxylic acid groups (broad SMARTS) is 1. The van der Waals surface area contributed by atoms with Crippen LogP contribution in [0.3, 0.4) is 0 Å². The number of hydrogen-bond donors (Lipinski definition) is 4. The van der Waals surface area contributed by atoms with E-state index < -0.39 is 6.09 Å². The molecule has 4 rings (SSSR count). The summed E-state index contributed by atoms with van der Waals surface area (Å²) in [5, 5.41) is 30.5. The maximum absolute atomic E-state index is 10.9. The highest BCUT2D eigenvalue weighted by Gasteiger charge is 2.25. The van der Waals surface area contributed by atoms with E-state index in [1.807, 2.05) is 6.07 Å². The zero-order valence-corrected chi connectivity index (χ0v) is 17.8. The maximum Gasteiger partial charge on any atom is 0.404 e. The Morgan fingerprint density at radius 1 is 1.15 bits per heavy atom. The fourth-order valence-corrected chi connectivity index (χ4v) is 3.71. The van der Waals surface area contributed by atoms with Crippen LogP contribution in [-0.2, 0) is 0 Å². The molecular formula is C21H22N8O4. The number of nitriles is 1. The standard InChI is InChI=1S/C21H22N8O4/c1-32-16-9-23-10-17(33-14-4-2-12(3-5-14)26-21(30)31)20(16)15-6-18(29-28-15)27-19-11-24-13(7-22)8-25-19/h6,8-12,14,26H,2-5H2,1H3,(H,30,31)(H2,25,27,28,29). The second kappa shape index (κ2) is 9.82. The number of amides is 1. The zero-order chi connectivity index (χ0) is 23.2. The molecule has 1 aliphatic rings. The molecule has 170 valence electrons. The summed E-state index contributed by atoms with van der Waals surface area (Å²) in [7, 11) is 1.55. The zero-order valence-electron chi connectivity index (χ0n) is 17.8. The average Bonchev–Trinajstić information content (AvgIpc) is 3.28. The lowest BCUT2D eigenvalue weighted by Gasteiger charge is -2.29. The number of nitrogens with one attached hydrogen (secondary N) is 3. The number of carbonyl (C=O) groups is 1. The van der Waals surface area contributed by atoms with Crippen molar-refractivity contribution in [3.05, 3.63) is 36.5 Å². The van der Waals surface area contributed by atoms with Gasteiger partial charge in [-0.2, -0.15) is 10.4 Å². The van der Waals surface area contributed by atoms with Gasteiger partial charge >= 0.3 is 6.09 Å². The summed E-state index contributed by atoms with van der Waals surface area (Å²) in [5.41, 5.74) is 1.54. The molecule has 4 N–H and O–H groups in total. The van der Waals surface area contributed by atoms with Gasteiger partial charge in [-0.1, -0.05) is 0 Å². The van der Waals surface area contributed by atoms with Gasteiger partial charge in [0.1, 0.15) is 17.6 Å². The minimum Gasteiger partial charge on any atom is -0.494 e. The Morgan fingerprint density at radius 3 is 2.61 bits per heavy atom. The van der Waals surface area contributed by atoms with E-state index in [1.54, 1.807) is 25.6 Å². The number of aromatic nitrogens is 5. The van der Waals surface area contributed by atoms with Gasteiger partial charge in [0.05, 0.1) is 49.3 Å². The highest BCUT2D eigenvalue weighted by molar-refractivity contribution is 5.75. The molecular weight excluding hydrogens is 428 g/mol. The SMILES string of the molecule is COc1cncc(OC2CCC(NC(=O)O)CC2)c1-c1cc(Nc2cnc(C#N)cn2)n[nH]1. The highest BCUT2D eigenvalue weighted by Crippen LogP contribution is 2.39. The van der Waals surface area contributed by atoms with Crippen molar-refractivity contribution in [3.8, 4) is 28.8 Å². The van der Waals surface area contributed by atoms with E-state index in [0.717, 1.165) is 12.8 Å². The first-order valence-electron chi connectivity index (χ1n) is 10.3. The summed E-state index contributed by atoms with van der Waals surface area (Å²) in [6.45, 7) is 0. The van der Waals surface area contributed by atoms with Gasteiger partial charge < -0.3 is 25.2 Å². The minimum absolute atomic E-state index is 0.0585. The molecule has 0 radical (unpaired) electrons. The molecule has 3 heterocycles. The van der Waals surface area contributed by atoms with Crippen LogP contribution in [0, 0.1) is 11.3 Å². The molecule has 0 saturated heterocycles. The topological polar surface area (TPSA) is 171 Å². The molecule has 0 aromatic carbocycles. The Bertz CT molecular complexity index is 1150. The van der Waals surface area contributed by atoms with E-state index in [1.165, 1.54) is 12.4 Å². The number of pyridine rings is 1. The first-order valence-corrected chi connectivity index (χ1v) is 10.3. The Hall–Kier alpha value is -4.40. The van der Waals surface area contributed by atoms with Crippen molar-refractivity contribution >= 4 is 17.7 Å². The van der Waals surface area contributed by atoms with E-state index in [-0.39, 0.29) is 17.8 Å². The second-order valence-corrected chi connectivity index (χ2v) is 7.45. The van der Waals surface area contributed by atoms with E-state index in [2.05, 4.69) is 35.8 Å². The number of methoxy groups -OCH3 is 1. The fraction of sp³-hybridized carbons (Fsp3) is 0.333. The normalized spacial score (nSPS) is 17.6. The van der Waals surface area contributed by atoms with Crippen molar-refractivity contribution in [3.63, 3.8) is 0 Å². The third kappa shape index (κ3) is 5.27. The Morgan fingerprint density at radius 2 is 1.94 bits per heavy atom. The van der Waals surface area contributed by atoms with Gasteiger partial charge in [0.15, 0.2) is 17.3 Å². The van der Waals surface area contributed by atoms with Gasteiger partial charge in [-0.15, -0.1) is 0 Å². The molecule has 0 unspecified atom stereocenters. The number of H-pyrrole nitrogens is 1. The monoisotopic (exact) mass is 450 g/mol. The molecule has 1 amide bonds. The van der Waals surface area contributed by atoms with Crippen LogP contribution < -0.4 is 20.1 Å². The van der Waals surface area contributed by atoms with Crippen molar-refractivity contribution in [1.82, 2.24) is 30.5 Å². The summed E-state index contributed by atoms with van der Waals surface area (Å²) in [4.78, 5) is 23.2. The van der Waals surface area contributed by atoms with Crippen molar-refractivity contribution in [2.75, 3.05) is 12.4 Å². The largest absolute Gasteiger partial charge is 0.494 e. The number of ether oxygens (including phenoxy) is 2. The molecule has 1 fully saturated rings. The molecule has 0 atom stereocenters. The van der Waals surface area contributed by atoms with Crippen molar-refractivity contribution in [2.45, 2.75) is 37.8 Å². The van der Waals surface area contributed by atoms with Crippen molar-refractivity contribution < 1.29 is 19.4 Å². The molecule has 1 saturated carbocycles. The van der Waals surface area contributed by atoms with Gasteiger partial charge in [0.25, 0.3) is 0 Å². The molecule has 0 bridgehead atoms. The van der Waals surface area contributed by atoms with E-state index in [9.17, 15) is 4.79 Å². The number of hydrogen-bond acceptors (Lipinski definition) is 9. The molecule has 12 heteroatoms. The lowest BCUT2D eigenvalue weighted by Crippen LogP contribution is -2.38. The molecule has 0 spiro atoms. The van der Waals surface area contributed by atoms with E-state index in [4.69, 9.17) is 19.8 Å². The number of rotatable bonds is 7. The number of anilines is 2. The van der Waals surface area contributed by atoms with Crippen LogP contribution in [0.4, 0.5) is 16.4 Å². The first kappa shape index (κ1) is 21.8. The second-order valence-electron chi connectivity index (χ2n) is 7.45. The highest BCUT2D eigenvalue weighted by atomic mass is 16.5. The van der Waals surface area contributed by atoms with Gasteiger partial charge in [-0.25, -0.2) is 14.8 Å². The van der Waals surface area contributed by atoms with Crippen molar-refractivity contribution in [2.24, 2.45) is 0 Å². The third-order valence-corrected chi connectivity index (χ3v) is 5.26. The van der Waals surface area contributed by atoms with E-state index >= 15 is 0 Å². The fourth-order valence-electron chi connectivity index (χ4n) is 3.71. The molecule has 33 heavy (non-hydrogen) atoms. The van der Waals surface area contributed by atoms with Gasteiger partial charge in [-0.05, 0) is 25.7 Å². The average molecular weight is 450 g/mol. The number of aromatic amines is 1. The summed E-state index contributed by atoms with van der Waals surface area (Å²) in [6, 6.07) is 3.64. The summed E-state index contributed by atoms with van der Waals surface area (Å²) < 4.78 is 11.8. The quantitative estimate of drug-likeness (QED) is 0.419. The van der Waals surface area contributed by atoms with Gasteiger partial charge in [0, 0.05) is 12.1 Å². The van der Waals surface area contributed by atoms with Crippen LogP contribution in [0.2, 0.25) is 0 Å². The predicted octanol–water partition coefficient (Wildman–Crippen LogP) is 2.84. The van der Waals surface area contributed by atoms with Crippen LogP contribution in [0.25, 0.3) is 11.3 Å². The Balaban J connectivity index is 1.51. The molecule has 1 aliphatic carbocycles. The van der Waals surface area contributed by atoms with Gasteiger partial charge in [-0.3, -0.25) is 10.1 Å². The molecule has 3 aromatic heterocycles. The Labute approximate surface area is 189 Å². The maximum atomic E-state index is 10.9. The smallest absolute Gasteiger partial charge is 0.404 e. The summed E-state index contributed by atoms with van der Waals surface area (Å²) in [5.74, 6) is 1.99. The number of nitrogens with zero attached hydrogens (tertiary/aromatic N) is 5. The van der Waals surface area contributed by atoms with Crippen LogP contribution in [0.1, 0.15) is 31.4 Å². The van der Waals surface area contributed by atoms with Crippen LogP contribution in [0.15, 0.2) is 30.9 Å². The summed E-state index contributed by atoms with van der Waals surface area (Å²) in [6.07, 6.45) is 7.80. The predicted molar refractivity (Wildman–Crippen MR) is 116 cm³/mol. The molecule has 0 aliphatic heterocycles. The van der Waals surface area contributed by atoms with Crippen LogP contribution >= 0.6 is 0 Å². The van der Waals surface area contributed by atoms with Crippen LogP contribution in [-0.4, -0.2) is 55.6 Å². The third-order valence-electron chi connectivity index (χ3n) is 5.26. The molecule has 12 nitrogen and oxygen atoms in total. The van der Waals surface area contributed by atoms with Crippen molar-refractivity contribution in [1.29, 1.82) is 5.26 Å². The van der Waals surface area contributed by atoms with Crippen LogP contribution in [0.5, 0.6) is 11.5 Å². The summed E-state index contributed by atoms with van der Waals surface area (Å²) >= 11 is 0. The lowest BCUT2D eigenvalue weighted by molar-refractivity contribution is 0.134. The van der Waals surface area contributed by atoms with Gasteiger partial charge in [0.2, 0.25) is 0 Å².